The summed E-state index contributed by atoms with van der Waals surface area (Å²) in [7, 11) is 3.02. The van der Waals surface area contributed by atoms with E-state index in [1.54, 1.807) is 48.9 Å². The van der Waals surface area contributed by atoms with Crippen LogP contribution in [0.2, 0.25) is 0 Å². The van der Waals surface area contributed by atoms with Gasteiger partial charge in [-0.05, 0) is 54.8 Å². The van der Waals surface area contributed by atoms with Crippen molar-refractivity contribution < 1.29 is 22.7 Å². The number of carbonyl (C=O) groups is 1. The Morgan fingerprint density at radius 3 is 2.62 bits per heavy atom. The van der Waals surface area contributed by atoms with Crippen LogP contribution in [0.4, 0.5) is 18.9 Å². The first-order valence-corrected chi connectivity index (χ1v) is 12.6. The smallest absolute Gasteiger partial charge is 0.435 e. The maximum atomic E-state index is 14.3. The molecule has 204 valence electrons. The van der Waals surface area contributed by atoms with Crippen molar-refractivity contribution >= 4 is 22.5 Å². The molecule has 1 unspecified atom stereocenters. The number of rotatable bonds is 5. The number of aromatic nitrogens is 5. The Balaban J connectivity index is 1.56. The van der Waals surface area contributed by atoms with Gasteiger partial charge < -0.3 is 14.2 Å². The zero-order chi connectivity index (χ0) is 28.2. The van der Waals surface area contributed by atoms with Crippen LogP contribution in [0, 0.1) is 6.92 Å². The Labute approximate surface area is 227 Å². The number of nitrogens with zero attached hydrogens (tertiary/aromatic N) is 6. The fourth-order valence-corrected chi connectivity index (χ4v) is 5.51. The number of anilines is 1. The van der Waals surface area contributed by atoms with Crippen LogP contribution in [-0.4, -0.2) is 43.4 Å². The molecule has 0 bridgehead atoms. The minimum atomic E-state index is -4.65. The molecule has 4 heterocycles. The summed E-state index contributed by atoms with van der Waals surface area (Å²) in [6, 6.07) is 11.8. The molecule has 3 aromatic heterocycles. The number of amides is 1. The third-order valence-corrected chi connectivity index (χ3v) is 7.18. The van der Waals surface area contributed by atoms with Gasteiger partial charge in [-0.1, -0.05) is 12.1 Å². The van der Waals surface area contributed by atoms with E-state index in [4.69, 9.17) is 4.74 Å². The molecule has 1 atom stereocenters. The van der Waals surface area contributed by atoms with Crippen molar-refractivity contribution in [3.8, 4) is 16.9 Å². The van der Waals surface area contributed by atoms with Gasteiger partial charge in [-0.25, -0.2) is 4.98 Å². The van der Waals surface area contributed by atoms with Gasteiger partial charge in [0, 0.05) is 54.4 Å². The lowest BCUT2D eigenvalue weighted by Crippen LogP contribution is -2.48. The van der Waals surface area contributed by atoms with Gasteiger partial charge in [0.05, 0.1) is 30.7 Å². The Kier molecular flexibility index (Phi) is 6.09. The summed E-state index contributed by atoms with van der Waals surface area (Å²) in [5.41, 5.74) is 2.31. The number of benzene rings is 2. The van der Waals surface area contributed by atoms with Crippen LogP contribution in [0.5, 0.6) is 5.75 Å². The predicted molar refractivity (Wildman–Crippen MR) is 143 cm³/mol. The second kappa shape index (κ2) is 9.51. The Bertz CT molecular complexity index is 1740. The molecule has 40 heavy (non-hydrogen) atoms. The van der Waals surface area contributed by atoms with Crippen molar-refractivity contribution in [1.82, 2.24) is 24.3 Å². The van der Waals surface area contributed by atoms with E-state index >= 15 is 0 Å². The number of hydrogen-bond acceptors (Lipinski definition) is 5. The topological polar surface area (TPSA) is 78.1 Å². The minimum absolute atomic E-state index is 0.0515. The number of hydrogen-bond donors (Lipinski definition) is 0. The summed E-state index contributed by atoms with van der Waals surface area (Å²) in [5.74, 6) is 0.314. The van der Waals surface area contributed by atoms with Crippen LogP contribution in [0.1, 0.15) is 27.3 Å². The first-order chi connectivity index (χ1) is 19.1. The molecule has 0 saturated carbocycles. The van der Waals surface area contributed by atoms with Crippen LogP contribution in [-0.2, 0) is 26.2 Å². The van der Waals surface area contributed by atoms with Crippen molar-refractivity contribution in [2.75, 3.05) is 12.0 Å². The van der Waals surface area contributed by atoms with Crippen molar-refractivity contribution in [3.05, 3.63) is 89.9 Å². The molecule has 6 rings (SSSR count). The normalized spacial score (nSPS) is 15.5. The van der Waals surface area contributed by atoms with Gasteiger partial charge in [0.1, 0.15) is 5.75 Å². The average Bonchev–Trinajstić information content (AvgIpc) is 3.57. The van der Waals surface area contributed by atoms with Crippen molar-refractivity contribution in [2.24, 2.45) is 7.05 Å². The monoisotopic (exact) mass is 546 g/mol. The summed E-state index contributed by atoms with van der Waals surface area (Å²) in [6.45, 7) is 2.24. The first-order valence-electron chi connectivity index (χ1n) is 12.6. The molecule has 0 fully saturated rings. The van der Waals surface area contributed by atoms with E-state index in [0.717, 1.165) is 15.8 Å². The summed E-state index contributed by atoms with van der Waals surface area (Å²) in [5, 5.41) is 4.43. The second-order valence-corrected chi connectivity index (χ2v) is 9.85. The van der Waals surface area contributed by atoms with Crippen LogP contribution < -0.4 is 9.64 Å². The van der Waals surface area contributed by atoms with E-state index in [1.165, 1.54) is 13.2 Å². The highest BCUT2D eigenvalue weighted by atomic mass is 19.4. The van der Waals surface area contributed by atoms with E-state index in [0.29, 0.717) is 46.6 Å². The van der Waals surface area contributed by atoms with Gasteiger partial charge >= 0.3 is 6.18 Å². The zero-order valence-electron chi connectivity index (χ0n) is 22.0. The Morgan fingerprint density at radius 1 is 1.10 bits per heavy atom. The Morgan fingerprint density at radius 2 is 1.90 bits per heavy atom. The summed E-state index contributed by atoms with van der Waals surface area (Å²) < 4.78 is 50.3. The van der Waals surface area contributed by atoms with Crippen LogP contribution in [0.25, 0.3) is 22.0 Å². The molecule has 2 aromatic carbocycles. The second-order valence-electron chi connectivity index (χ2n) is 9.85. The number of halogens is 3. The van der Waals surface area contributed by atoms with Crippen LogP contribution in [0.15, 0.2) is 67.4 Å². The highest BCUT2D eigenvalue weighted by Crippen LogP contribution is 2.42. The molecule has 8 nitrogen and oxygen atoms in total. The van der Waals surface area contributed by atoms with Crippen LogP contribution >= 0.6 is 0 Å². The van der Waals surface area contributed by atoms with Gasteiger partial charge in [-0.15, -0.1) is 0 Å². The molecule has 0 radical (unpaired) electrons. The largest absolute Gasteiger partial charge is 0.497 e. The summed E-state index contributed by atoms with van der Waals surface area (Å²) >= 11 is 0. The van der Waals surface area contributed by atoms with Crippen molar-refractivity contribution in [3.63, 3.8) is 0 Å². The van der Waals surface area contributed by atoms with Gasteiger partial charge in [0.25, 0.3) is 5.91 Å². The van der Waals surface area contributed by atoms with Gasteiger partial charge in [0.2, 0.25) is 0 Å². The number of alkyl halides is 3. The third kappa shape index (κ3) is 4.37. The number of aryl methyl sites for hydroxylation is 2. The number of pyridine rings is 1. The van der Waals surface area contributed by atoms with Crippen LogP contribution in [0.3, 0.4) is 0 Å². The van der Waals surface area contributed by atoms with Crippen molar-refractivity contribution in [2.45, 2.75) is 32.1 Å². The highest BCUT2D eigenvalue weighted by molar-refractivity contribution is 6.13. The zero-order valence-corrected chi connectivity index (χ0v) is 22.0. The summed E-state index contributed by atoms with van der Waals surface area (Å²) in [6.07, 6.45) is 2.13. The average molecular weight is 547 g/mol. The number of methoxy groups -OCH3 is 1. The molecular weight excluding hydrogens is 521 g/mol. The molecular formula is C29H25F3N6O2. The van der Waals surface area contributed by atoms with E-state index in [1.807, 2.05) is 35.8 Å². The number of imidazole rings is 1. The lowest BCUT2D eigenvalue weighted by molar-refractivity contribution is -0.140. The van der Waals surface area contributed by atoms with Crippen molar-refractivity contribution in [1.29, 1.82) is 0 Å². The lowest BCUT2D eigenvalue weighted by Gasteiger charge is -2.38. The van der Waals surface area contributed by atoms with E-state index < -0.39 is 17.9 Å². The number of carbonyl (C=O) groups excluding carboxylic acids is 1. The molecule has 1 aliphatic heterocycles. The Hall–Kier alpha value is -4.67. The minimum Gasteiger partial charge on any atom is -0.497 e. The van der Waals surface area contributed by atoms with E-state index in [9.17, 15) is 18.0 Å². The summed E-state index contributed by atoms with van der Waals surface area (Å²) in [4.78, 5) is 24.9. The molecule has 0 spiro atoms. The number of fused-ring (bicyclic) bond motifs is 2. The SMILES string of the molecule is COc1ccc2nc(C)cc(N3C(=O)c4cccc(-c5cn(C)nc5C(F)(F)F)c4CC3Cn3ccnc3)c2c1. The molecule has 11 heteroatoms. The highest BCUT2D eigenvalue weighted by Gasteiger charge is 2.40. The quantitative estimate of drug-likeness (QED) is 0.294. The standard InChI is InChI=1S/C29H25F3N6O2/c1-17-11-26(23-13-19(40-3)7-8-25(23)34-17)38-18(14-37-10-9-33-16-37)12-22-20(5-4-6-21(22)28(38)39)24-15-36(2)35-27(24)29(30,31)32/h4-11,13,15-16,18H,12,14H2,1-3H3. The third-order valence-electron chi connectivity index (χ3n) is 7.18. The molecule has 5 aromatic rings. The van der Waals surface area contributed by atoms with Gasteiger partial charge in [-0.2, -0.15) is 18.3 Å². The maximum absolute atomic E-state index is 14.3. The van der Waals surface area contributed by atoms with Gasteiger partial charge in [0.15, 0.2) is 5.69 Å². The molecule has 0 saturated heterocycles. The van der Waals surface area contributed by atoms with Gasteiger partial charge in [-0.3, -0.25) is 14.5 Å². The fourth-order valence-electron chi connectivity index (χ4n) is 5.51. The van der Waals surface area contributed by atoms with E-state index in [2.05, 4.69) is 15.1 Å². The maximum Gasteiger partial charge on any atom is 0.435 e. The molecule has 0 N–H and O–H groups in total. The molecule has 0 aliphatic carbocycles. The molecule has 1 amide bonds. The number of ether oxygens (including phenoxy) is 1. The molecule has 1 aliphatic rings. The lowest BCUT2D eigenvalue weighted by atomic mass is 9.86. The van der Waals surface area contributed by atoms with E-state index in [-0.39, 0.29) is 11.5 Å². The predicted octanol–water partition coefficient (Wildman–Crippen LogP) is 5.44. The fraction of sp³-hybridized carbons (Fsp3) is 0.241. The first kappa shape index (κ1) is 25.6.